The largest absolute Gasteiger partial charge is 0.376 e. The van der Waals surface area contributed by atoms with Crippen LogP contribution in [0.2, 0.25) is 0 Å². The van der Waals surface area contributed by atoms with Crippen molar-refractivity contribution in [3.05, 3.63) is 17.0 Å². The summed E-state index contributed by atoms with van der Waals surface area (Å²) in [6, 6.07) is 3.75. The van der Waals surface area contributed by atoms with E-state index in [-0.39, 0.29) is 29.9 Å². The maximum Gasteiger partial charge on any atom is 0.325 e. The Morgan fingerprint density at radius 3 is 2.72 bits per heavy atom. The highest BCUT2D eigenvalue weighted by Crippen LogP contribution is 2.38. The quantitative estimate of drug-likeness (QED) is 0.579. The van der Waals surface area contributed by atoms with Crippen molar-refractivity contribution in [1.82, 2.24) is 15.1 Å². The molecule has 3 fully saturated rings. The molecule has 3 aliphatic heterocycles. The molecule has 4 rings (SSSR count). The third-order valence-electron chi connectivity index (χ3n) is 6.88. The smallest absolute Gasteiger partial charge is 0.325 e. The SMILES string of the molecule is CCCC1(C2CCN(Cc3ccc(NC(C)=O)s3)CC2)NC(=O)N(CC2CCCO2)C1=O. The number of likely N-dealkylation sites (tertiary alicyclic amines) is 1. The van der Waals surface area contributed by atoms with E-state index in [2.05, 4.69) is 28.5 Å². The summed E-state index contributed by atoms with van der Waals surface area (Å²) in [5.41, 5.74) is -0.780. The van der Waals surface area contributed by atoms with Crippen molar-refractivity contribution in [3.63, 3.8) is 0 Å². The summed E-state index contributed by atoms with van der Waals surface area (Å²) in [7, 11) is 0. The Bertz CT molecular complexity index is 845. The van der Waals surface area contributed by atoms with Crippen molar-refractivity contribution in [3.8, 4) is 0 Å². The van der Waals surface area contributed by atoms with Crippen LogP contribution in [0, 0.1) is 5.92 Å². The second kappa shape index (κ2) is 9.89. The van der Waals surface area contributed by atoms with Gasteiger partial charge in [0.2, 0.25) is 5.91 Å². The number of carbonyl (C=O) groups excluding carboxylic acids is 3. The zero-order chi connectivity index (χ0) is 22.7. The zero-order valence-corrected chi connectivity index (χ0v) is 19.8. The van der Waals surface area contributed by atoms with Gasteiger partial charge in [0.05, 0.1) is 17.6 Å². The molecule has 176 valence electrons. The Kier molecular flexibility index (Phi) is 7.17. The second-order valence-electron chi connectivity index (χ2n) is 9.20. The minimum atomic E-state index is -0.780. The van der Waals surface area contributed by atoms with Crippen LogP contribution in [0.5, 0.6) is 0 Å². The molecule has 2 N–H and O–H groups in total. The van der Waals surface area contributed by atoms with Gasteiger partial charge in [0.25, 0.3) is 5.91 Å². The van der Waals surface area contributed by atoms with Gasteiger partial charge in [0, 0.05) is 25.0 Å². The van der Waals surface area contributed by atoms with Crippen LogP contribution in [0.3, 0.4) is 0 Å². The summed E-state index contributed by atoms with van der Waals surface area (Å²) in [5, 5.41) is 6.83. The molecule has 1 aromatic rings. The molecule has 0 saturated carbocycles. The number of hydrogen-bond donors (Lipinski definition) is 2. The number of nitrogens with one attached hydrogen (secondary N) is 2. The fraction of sp³-hybridized carbons (Fsp3) is 0.696. The topological polar surface area (TPSA) is 91.0 Å². The predicted molar refractivity (Wildman–Crippen MR) is 123 cm³/mol. The Labute approximate surface area is 193 Å². The number of carbonyl (C=O) groups is 3. The van der Waals surface area contributed by atoms with Gasteiger partial charge in [0.15, 0.2) is 0 Å². The third kappa shape index (κ3) is 4.84. The fourth-order valence-corrected chi connectivity index (χ4v) is 6.35. The summed E-state index contributed by atoms with van der Waals surface area (Å²) in [4.78, 5) is 42.6. The number of urea groups is 1. The average Bonchev–Trinajstić information content (AvgIpc) is 3.47. The minimum Gasteiger partial charge on any atom is -0.376 e. The van der Waals surface area contributed by atoms with E-state index in [1.807, 2.05) is 6.07 Å². The number of hydrogen-bond acceptors (Lipinski definition) is 6. The van der Waals surface area contributed by atoms with Crippen LogP contribution in [-0.2, 0) is 20.9 Å². The Hall–Kier alpha value is -1.97. The highest BCUT2D eigenvalue weighted by molar-refractivity contribution is 7.16. The molecular formula is C23H34N4O4S. The van der Waals surface area contributed by atoms with Gasteiger partial charge in [-0.15, -0.1) is 11.3 Å². The van der Waals surface area contributed by atoms with Crippen LogP contribution in [0.1, 0.15) is 57.2 Å². The van der Waals surface area contributed by atoms with Crippen LogP contribution >= 0.6 is 11.3 Å². The van der Waals surface area contributed by atoms with Crippen molar-refractivity contribution in [2.45, 2.75) is 70.6 Å². The van der Waals surface area contributed by atoms with Crippen molar-refractivity contribution in [2.24, 2.45) is 5.92 Å². The zero-order valence-electron chi connectivity index (χ0n) is 19.0. The van der Waals surface area contributed by atoms with Crippen LogP contribution in [0.4, 0.5) is 9.80 Å². The molecule has 4 heterocycles. The van der Waals surface area contributed by atoms with E-state index < -0.39 is 5.54 Å². The lowest BCUT2D eigenvalue weighted by Crippen LogP contribution is -2.56. The van der Waals surface area contributed by atoms with E-state index in [1.165, 1.54) is 16.7 Å². The van der Waals surface area contributed by atoms with E-state index in [1.54, 1.807) is 11.3 Å². The lowest BCUT2D eigenvalue weighted by Gasteiger charge is -2.41. The number of piperidine rings is 1. The number of amides is 4. The molecule has 9 heteroatoms. The summed E-state index contributed by atoms with van der Waals surface area (Å²) in [6.07, 6.45) is 5.15. The summed E-state index contributed by atoms with van der Waals surface area (Å²) in [5.74, 6) is 0.0247. The van der Waals surface area contributed by atoms with Gasteiger partial charge in [-0.1, -0.05) is 13.3 Å². The second-order valence-corrected chi connectivity index (χ2v) is 10.4. The third-order valence-corrected chi connectivity index (χ3v) is 7.87. The molecule has 0 aliphatic carbocycles. The molecule has 0 spiro atoms. The summed E-state index contributed by atoms with van der Waals surface area (Å²) < 4.78 is 5.68. The number of thiophene rings is 1. The van der Waals surface area contributed by atoms with Crippen LogP contribution in [0.15, 0.2) is 12.1 Å². The van der Waals surface area contributed by atoms with Gasteiger partial charge >= 0.3 is 6.03 Å². The molecule has 3 aliphatic rings. The van der Waals surface area contributed by atoms with E-state index in [4.69, 9.17) is 4.74 Å². The molecule has 32 heavy (non-hydrogen) atoms. The highest BCUT2D eigenvalue weighted by atomic mass is 32.1. The molecule has 0 aromatic carbocycles. The molecule has 1 aromatic heterocycles. The monoisotopic (exact) mass is 462 g/mol. The first-order chi connectivity index (χ1) is 15.4. The average molecular weight is 463 g/mol. The molecule has 8 nitrogen and oxygen atoms in total. The van der Waals surface area contributed by atoms with Crippen LogP contribution in [0.25, 0.3) is 0 Å². The van der Waals surface area contributed by atoms with Gasteiger partial charge in [0.1, 0.15) is 5.54 Å². The first-order valence-corrected chi connectivity index (χ1v) is 12.6. The van der Waals surface area contributed by atoms with E-state index >= 15 is 0 Å². The van der Waals surface area contributed by atoms with Crippen molar-refractivity contribution in [1.29, 1.82) is 0 Å². The first-order valence-electron chi connectivity index (χ1n) is 11.8. The van der Waals surface area contributed by atoms with Crippen molar-refractivity contribution >= 4 is 34.2 Å². The number of rotatable bonds is 8. The number of imide groups is 1. The maximum atomic E-state index is 13.5. The highest BCUT2D eigenvalue weighted by Gasteiger charge is 2.55. The Morgan fingerprint density at radius 1 is 1.28 bits per heavy atom. The summed E-state index contributed by atoms with van der Waals surface area (Å²) in [6.45, 7) is 7.28. The van der Waals surface area contributed by atoms with Crippen molar-refractivity contribution in [2.75, 3.05) is 31.6 Å². The first kappa shape index (κ1) is 23.2. The van der Waals surface area contributed by atoms with Gasteiger partial charge in [-0.25, -0.2) is 4.79 Å². The van der Waals surface area contributed by atoms with Crippen LogP contribution < -0.4 is 10.6 Å². The number of anilines is 1. The van der Waals surface area contributed by atoms with Gasteiger partial charge < -0.3 is 15.4 Å². The Morgan fingerprint density at radius 2 is 2.06 bits per heavy atom. The van der Waals surface area contributed by atoms with E-state index in [0.29, 0.717) is 19.6 Å². The molecule has 0 radical (unpaired) electrons. The van der Waals surface area contributed by atoms with E-state index in [9.17, 15) is 14.4 Å². The molecule has 4 amide bonds. The van der Waals surface area contributed by atoms with Crippen LogP contribution in [-0.4, -0.2) is 65.5 Å². The molecule has 2 atom stereocenters. The maximum absolute atomic E-state index is 13.5. The normalized spacial score (nSPS) is 27.2. The van der Waals surface area contributed by atoms with Gasteiger partial charge in [-0.05, 0) is 63.2 Å². The molecule has 2 unspecified atom stereocenters. The number of nitrogens with zero attached hydrogens (tertiary/aromatic N) is 2. The van der Waals surface area contributed by atoms with Gasteiger partial charge in [-0.3, -0.25) is 19.4 Å². The lowest BCUT2D eigenvalue weighted by molar-refractivity contribution is -0.135. The fourth-order valence-electron chi connectivity index (χ4n) is 5.36. The molecule has 0 bridgehead atoms. The predicted octanol–water partition coefficient (Wildman–Crippen LogP) is 3.19. The number of ether oxygens (including phenoxy) is 1. The van der Waals surface area contributed by atoms with Crippen molar-refractivity contribution < 1.29 is 19.1 Å². The minimum absolute atomic E-state index is 0.0304. The van der Waals surface area contributed by atoms with Gasteiger partial charge in [-0.2, -0.15) is 0 Å². The molecular weight excluding hydrogens is 428 g/mol. The Balaban J connectivity index is 1.37. The molecule has 3 saturated heterocycles. The lowest BCUT2D eigenvalue weighted by atomic mass is 9.74. The summed E-state index contributed by atoms with van der Waals surface area (Å²) >= 11 is 1.60. The standard InChI is InChI=1S/C23H34N4O4S/c1-3-10-23(21(29)27(22(30)25-23)14-18-5-4-13-31-18)17-8-11-26(12-9-17)15-19-6-7-20(32-19)24-16(2)28/h6-7,17-18H,3-5,8-15H2,1-2H3,(H,24,28)(H,25,30). The van der Waals surface area contributed by atoms with E-state index in [0.717, 1.165) is 56.7 Å².